The smallest absolute Gasteiger partial charge is 0.318 e. The Morgan fingerprint density at radius 2 is 2.28 bits per heavy atom. The molecule has 0 spiro atoms. The molecule has 1 fully saturated rings. The van der Waals surface area contributed by atoms with Crippen LogP contribution in [-0.4, -0.2) is 42.5 Å². The van der Waals surface area contributed by atoms with Gasteiger partial charge in [0.2, 0.25) is 5.89 Å². The van der Waals surface area contributed by atoms with Gasteiger partial charge < -0.3 is 19.4 Å². The molecule has 1 saturated heterocycles. The summed E-state index contributed by atoms with van der Waals surface area (Å²) in [6, 6.07) is 0.998. The Balaban J connectivity index is 2.15. The van der Waals surface area contributed by atoms with Crippen LogP contribution in [0.1, 0.15) is 39.1 Å². The molecular formula is C12H22N4O2. The van der Waals surface area contributed by atoms with Gasteiger partial charge in [0, 0.05) is 6.54 Å². The Hall–Kier alpha value is -1.14. The minimum atomic E-state index is 0.0739. The third-order valence-corrected chi connectivity index (χ3v) is 3.42. The van der Waals surface area contributed by atoms with E-state index in [0.29, 0.717) is 17.9 Å². The van der Waals surface area contributed by atoms with E-state index in [0.717, 1.165) is 19.6 Å². The van der Waals surface area contributed by atoms with Crippen LogP contribution < -0.4 is 10.2 Å². The van der Waals surface area contributed by atoms with Crippen LogP contribution >= 0.6 is 0 Å². The van der Waals surface area contributed by atoms with Crippen molar-refractivity contribution in [2.45, 2.75) is 45.4 Å². The van der Waals surface area contributed by atoms with E-state index in [2.05, 4.69) is 34.3 Å². The van der Waals surface area contributed by atoms with Crippen molar-refractivity contribution in [1.82, 2.24) is 15.5 Å². The monoisotopic (exact) mass is 254 g/mol. The molecule has 0 aliphatic carbocycles. The van der Waals surface area contributed by atoms with Gasteiger partial charge in [-0.2, -0.15) is 0 Å². The van der Waals surface area contributed by atoms with Crippen molar-refractivity contribution in [1.29, 1.82) is 0 Å². The first-order valence-electron chi connectivity index (χ1n) is 6.54. The van der Waals surface area contributed by atoms with Crippen molar-refractivity contribution in [2.75, 3.05) is 25.1 Å². The van der Waals surface area contributed by atoms with E-state index >= 15 is 0 Å². The maximum Gasteiger partial charge on any atom is 0.318 e. The standard InChI is InChI=1S/C12H22N4O2/c1-5-10-7-17-8(2)6-16(10)12-15-14-11(18-12)9(3)13-4/h8-10,13H,5-7H2,1-4H3. The topological polar surface area (TPSA) is 63.4 Å². The lowest BCUT2D eigenvalue weighted by Gasteiger charge is -2.36. The lowest BCUT2D eigenvalue weighted by molar-refractivity contribution is 0.0277. The second-order valence-electron chi connectivity index (χ2n) is 4.79. The Morgan fingerprint density at radius 1 is 1.50 bits per heavy atom. The fraction of sp³-hybridized carbons (Fsp3) is 0.833. The van der Waals surface area contributed by atoms with Gasteiger partial charge in [-0.3, -0.25) is 0 Å². The third-order valence-electron chi connectivity index (χ3n) is 3.42. The highest BCUT2D eigenvalue weighted by atomic mass is 16.5. The Morgan fingerprint density at radius 3 is 2.94 bits per heavy atom. The number of aromatic nitrogens is 2. The molecule has 2 rings (SSSR count). The molecule has 1 aromatic heterocycles. The fourth-order valence-electron chi connectivity index (χ4n) is 2.06. The van der Waals surface area contributed by atoms with E-state index in [1.54, 1.807) is 0 Å². The molecule has 102 valence electrons. The molecule has 0 bridgehead atoms. The summed E-state index contributed by atoms with van der Waals surface area (Å²) in [5.41, 5.74) is 0. The first-order valence-corrected chi connectivity index (χ1v) is 6.54. The number of hydrogen-bond donors (Lipinski definition) is 1. The van der Waals surface area contributed by atoms with Gasteiger partial charge in [0.15, 0.2) is 0 Å². The molecule has 6 nitrogen and oxygen atoms in total. The van der Waals surface area contributed by atoms with E-state index in [1.807, 2.05) is 14.0 Å². The maximum atomic E-state index is 5.74. The second kappa shape index (κ2) is 5.67. The van der Waals surface area contributed by atoms with Crippen LogP contribution in [0.4, 0.5) is 6.01 Å². The summed E-state index contributed by atoms with van der Waals surface area (Å²) in [4.78, 5) is 2.16. The molecule has 1 aromatic rings. The number of morpholine rings is 1. The summed E-state index contributed by atoms with van der Waals surface area (Å²) in [7, 11) is 1.88. The first-order chi connectivity index (χ1) is 8.65. The highest BCUT2D eigenvalue weighted by Crippen LogP contribution is 2.23. The zero-order valence-corrected chi connectivity index (χ0v) is 11.5. The predicted octanol–water partition coefficient (Wildman–Crippen LogP) is 1.35. The molecule has 1 aliphatic rings. The summed E-state index contributed by atoms with van der Waals surface area (Å²) in [6.45, 7) is 7.72. The summed E-state index contributed by atoms with van der Waals surface area (Å²) in [5, 5.41) is 11.3. The van der Waals surface area contributed by atoms with E-state index in [9.17, 15) is 0 Å². The highest BCUT2D eigenvalue weighted by Gasteiger charge is 2.29. The van der Waals surface area contributed by atoms with Crippen LogP contribution in [0.3, 0.4) is 0 Å². The van der Waals surface area contributed by atoms with Gasteiger partial charge in [-0.05, 0) is 27.3 Å². The minimum absolute atomic E-state index is 0.0739. The zero-order valence-electron chi connectivity index (χ0n) is 11.5. The Labute approximate surface area is 108 Å². The van der Waals surface area contributed by atoms with E-state index < -0.39 is 0 Å². The molecule has 1 N–H and O–H groups in total. The van der Waals surface area contributed by atoms with Crippen molar-refractivity contribution in [3.05, 3.63) is 5.89 Å². The predicted molar refractivity (Wildman–Crippen MR) is 68.6 cm³/mol. The van der Waals surface area contributed by atoms with Gasteiger partial charge in [-0.25, -0.2) is 0 Å². The SMILES string of the molecule is CCC1COC(C)CN1c1nnc(C(C)NC)o1. The van der Waals surface area contributed by atoms with Crippen molar-refractivity contribution in [2.24, 2.45) is 0 Å². The molecule has 3 atom stereocenters. The van der Waals surface area contributed by atoms with Crippen molar-refractivity contribution < 1.29 is 9.15 Å². The lowest BCUT2D eigenvalue weighted by Crippen LogP contribution is -2.48. The number of anilines is 1. The maximum absolute atomic E-state index is 5.74. The molecule has 0 saturated carbocycles. The van der Waals surface area contributed by atoms with Crippen LogP contribution in [-0.2, 0) is 4.74 Å². The van der Waals surface area contributed by atoms with Gasteiger partial charge in [0.1, 0.15) is 0 Å². The van der Waals surface area contributed by atoms with Gasteiger partial charge in [-0.15, -0.1) is 5.10 Å². The summed E-state index contributed by atoms with van der Waals surface area (Å²) < 4.78 is 11.4. The van der Waals surface area contributed by atoms with E-state index in [1.165, 1.54) is 0 Å². The third kappa shape index (κ3) is 2.64. The molecule has 0 aromatic carbocycles. The number of nitrogens with zero attached hydrogens (tertiary/aromatic N) is 3. The Kier molecular flexibility index (Phi) is 4.19. The van der Waals surface area contributed by atoms with Gasteiger partial charge >= 0.3 is 6.01 Å². The molecule has 0 radical (unpaired) electrons. The summed E-state index contributed by atoms with van der Waals surface area (Å²) >= 11 is 0. The van der Waals surface area contributed by atoms with Crippen LogP contribution in [0.5, 0.6) is 0 Å². The Bertz CT molecular complexity index is 382. The average molecular weight is 254 g/mol. The van der Waals surface area contributed by atoms with Crippen LogP contribution in [0.15, 0.2) is 4.42 Å². The number of rotatable bonds is 4. The molecular weight excluding hydrogens is 232 g/mol. The minimum Gasteiger partial charge on any atom is -0.406 e. The summed E-state index contributed by atoms with van der Waals surface area (Å²) in [6.07, 6.45) is 1.20. The average Bonchev–Trinajstić information content (AvgIpc) is 2.87. The molecule has 6 heteroatoms. The number of ether oxygens (including phenoxy) is 1. The van der Waals surface area contributed by atoms with Crippen molar-refractivity contribution in [3.63, 3.8) is 0 Å². The second-order valence-corrected chi connectivity index (χ2v) is 4.79. The molecule has 2 heterocycles. The largest absolute Gasteiger partial charge is 0.406 e. The zero-order chi connectivity index (χ0) is 13.1. The van der Waals surface area contributed by atoms with Crippen molar-refractivity contribution in [3.8, 4) is 0 Å². The van der Waals surface area contributed by atoms with Gasteiger partial charge in [-0.1, -0.05) is 12.0 Å². The van der Waals surface area contributed by atoms with E-state index in [4.69, 9.17) is 9.15 Å². The number of hydrogen-bond acceptors (Lipinski definition) is 6. The van der Waals surface area contributed by atoms with Crippen LogP contribution in [0, 0.1) is 0 Å². The van der Waals surface area contributed by atoms with E-state index in [-0.39, 0.29) is 12.1 Å². The molecule has 18 heavy (non-hydrogen) atoms. The van der Waals surface area contributed by atoms with Crippen molar-refractivity contribution >= 4 is 6.01 Å². The number of nitrogens with one attached hydrogen (secondary N) is 1. The fourth-order valence-corrected chi connectivity index (χ4v) is 2.06. The molecule has 0 amide bonds. The normalized spacial score (nSPS) is 26.3. The van der Waals surface area contributed by atoms with Gasteiger partial charge in [0.05, 0.1) is 24.8 Å². The first kappa shape index (κ1) is 13.3. The van der Waals surface area contributed by atoms with Crippen LogP contribution in [0.2, 0.25) is 0 Å². The highest BCUT2D eigenvalue weighted by molar-refractivity contribution is 5.28. The quantitative estimate of drug-likeness (QED) is 0.875. The summed E-state index contributed by atoms with van der Waals surface area (Å²) in [5.74, 6) is 0.626. The van der Waals surface area contributed by atoms with Gasteiger partial charge in [0.25, 0.3) is 0 Å². The molecule has 3 unspecified atom stereocenters. The molecule has 1 aliphatic heterocycles. The lowest BCUT2D eigenvalue weighted by atomic mass is 10.1. The van der Waals surface area contributed by atoms with Crippen LogP contribution in [0.25, 0.3) is 0 Å².